The molecule has 2 rings (SSSR count). The van der Waals surface area contributed by atoms with Crippen molar-refractivity contribution >= 4 is 21.6 Å². The van der Waals surface area contributed by atoms with Gasteiger partial charge in [0.2, 0.25) is 0 Å². The number of rotatable bonds is 3. The van der Waals surface area contributed by atoms with E-state index in [4.69, 9.17) is 5.11 Å². The van der Waals surface area contributed by atoms with E-state index in [0.717, 1.165) is 18.9 Å². The average molecular weight is 352 g/mol. The number of nitrogens with zero attached hydrogens (tertiary/aromatic N) is 1. The maximum Gasteiger partial charge on any atom is 0.418 e. The van der Waals surface area contributed by atoms with Crippen molar-refractivity contribution in [1.29, 1.82) is 0 Å². The van der Waals surface area contributed by atoms with Crippen LogP contribution in [0.4, 0.5) is 18.9 Å². The van der Waals surface area contributed by atoms with E-state index in [1.807, 2.05) is 0 Å². The van der Waals surface area contributed by atoms with Gasteiger partial charge in [0.15, 0.2) is 0 Å². The van der Waals surface area contributed by atoms with E-state index in [9.17, 15) is 13.2 Å². The van der Waals surface area contributed by atoms with Crippen molar-refractivity contribution < 1.29 is 18.3 Å². The topological polar surface area (TPSA) is 23.5 Å². The van der Waals surface area contributed by atoms with E-state index in [0.29, 0.717) is 24.0 Å². The lowest BCUT2D eigenvalue weighted by atomic mass is 9.94. The van der Waals surface area contributed by atoms with Crippen LogP contribution in [0.2, 0.25) is 0 Å². The zero-order valence-corrected chi connectivity index (χ0v) is 12.5. The van der Waals surface area contributed by atoms with Crippen LogP contribution < -0.4 is 4.90 Å². The molecule has 1 fully saturated rings. The molecule has 1 unspecified atom stereocenters. The lowest BCUT2D eigenvalue weighted by Crippen LogP contribution is -2.37. The van der Waals surface area contributed by atoms with E-state index in [1.54, 1.807) is 4.90 Å². The standard InChI is InChI=1S/C14H17BrF3NO/c15-11-3-4-12(14(16,17)18)13(8-11)19-6-1-2-10(9-19)5-7-20/h3-4,8,10,20H,1-2,5-7,9H2. The molecule has 0 spiro atoms. The Morgan fingerprint density at radius 2 is 2.10 bits per heavy atom. The van der Waals surface area contributed by atoms with Gasteiger partial charge in [-0.05, 0) is 43.4 Å². The van der Waals surface area contributed by atoms with Gasteiger partial charge in [0.05, 0.1) is 11.3 Å². The van der Waals surface area contributed by atoms with Crippen LogP contribution in [0.3, 0.4) is 0 Å². The third-order valence-corrected chi connectivity index (χ3v) is 4.16. The van der Waals surface area contributed by atoms with Crippen molar-refractivity contribution in [1.82, 2.24) is 0 Å². The molecule has 1 N–H and O–H groups in total. The highest BCUT2D eigenvalue weighted by Gasteiger charge is 2.35. The van der Waals surface area contributed by atoms with Gasteiger partial charge in [-0.2, -0.15) is 13.2 Å². The highest BCUT2D eigenvalue weighted by molar-refractivity contribution is 9.10. The number of hydrogen-bond donors (Lipinski definition) is 1. The normalized spacial score (nSPS) is 20.2. The summed E-state index contributed by atoms with van der Waals surface area (Å²) >= 11 is 3.24. The van der Waals surface area contributed by atoms with E-state index in [-0.39, 0.29) is 18.2 Å². The second-order valence-corrected chi connectivity index (χ2v) is 6.04. The fraction of sp³-hybridized carbons (Fsp3) is 0.571. The van der Waals surface area contributed by atoms with Gasteiger partial charge in [-0.1, -0.05) is 15.9 Å². The molecule has 0 saturated carbocycles. The van der Waals surface area contributed by atoms with Crippen LogP contribution in [0.5, 0.6) is 0 Å². The number of alkyl halides is 3. The van der Waals surface area contributed by atoms with Gasteiger partial charge in [0.1, 0.15) is 0 Å². The van der Waals surface area contributed by atoms with Crippen LogP contribution in [0, 0.1) is 5.92 Å². The Labute approximate surface area is 124 Å². The first kappa shape index (κ1) is 15.6. The minimum absolute atomic E-state index is 0.0864. The fourth-order valence-corrected chi connectivity index (χ4v) is 3.06. The van der Waals surface area contributed by atoms with Gasteiger partial charge in [0.25, 0.3) is 0 Å². The molecule has 112 valence electrons. The monoisotopic (exact) mass is 351 g/mol. The lowest BCUT2D eigenvalue weighted by molar-refractivity contribution is -0.137. The molecule has 1 atom stereocenters. The molecule has 0 radical (unpaired) electrons. The van der Waals surface area contributed by atoms with E-state index >= 15 is 0 Å². The Kier molecular flexibility index (Phi) is 4.96. The van der Waals surface area contributed by atoms with Gasteiger partial charge >= 0.3 is 6.18 Å². The second kappa shape index (κ2) is 6.35. The largest absolute Gasteiger partial charge is 0.418 e. The zero-order valence-electron chi connectivity index (χ0n) is 11.0. The van der Waals surface area contributed by atoms with Gasteiger partial charge in [-0.25, -0.2) is 0 Å². The third-order valence-electron chi connectivity index (χ3n) is 3.66. The highest BCUT2D eigenvalue weighted by atomic mass is 79.9. The summed E-state index contributed by atoms with van der Waals surface area (Å²) in [5, 5.41) is 9.00. The van der Waals surface area contributed by atoms with Crippen LogP contribution in [0.1, 0.15) is 24.8 Å². The summed E-state index contributed by atoms with van der Waals surface area (Å²) in [4.78, 5) is 1.79. The minimum atomic E-state index is -4.35. The van der Waals surface area contributed by atoms with E-state index < -0.39 is 11.7 Å². The summed E-state index contributed by atoms with van der Waals surface area (Å²) in [7, 11) is 0. The van der Waals surface area contributed by atoms with Crippen molar-refractivity contribution in [3.05, 3.63) is 28.2 Å². The molecule has 2 nitrogen and oxygen atoms in total. The van der Waals surface area contributed by atoms with Crippen LogP contribution in [-0.2, 0) is 6.18 Å². The number of aliphatic hydroxyl groups excluding tert-OH is 1. The number of hydrogen-bond acceptors (Lipinski definition) is 2. The van der Waals surface area contributed by atoms with Crippen molar-refractivity contribution in [3.8, 4) is 0 Å². The number of anilines is 1. The molecular weight excluding hydrogens is 335 g/mol. The highest BCUT2D eigenvalue weighted by Crippen LogP contribution is 2.39. The van der Waals surface area contributed by atoms with Gasteiger partial charge in [0, 0.05) is 24.2 Å². The maximum atomic E-state index is 13.1. The number of piperidine rings is 1. The van der Waals surface area contributed by atoms with Crippen molar-refractivity contribution in [2.24, 2.45) is 5.92 Å². The average Bonchev–Trinajstić information content (AvgIpc) is 2.38. The van der Waals surface area contributed by atoms with Gasteiger partial charge in [-0.3, -0.25) is 0 Å². The number of benzene rings is 1. The summed E-state index contributed by atoms with van der Waals surface area (Å²) in [5.41, 5.74) is -0.361. The summed E-state index contributed by atoms with van der Waals surface area (Å²) in [6.45, 7) is 1.28. The molecule has 1 heterocycles. The van der Waals surface area contributed by atoms with Gasteiger partial charge < -0.3 is 10.0 Å². The first-order valence-electron chi connectivity index (χ1n) is 6.64. The van der Waals surface area contributed by atoms with Crippen LogP contribution in [-0.4, -0.2) is 24.8 Å². The SMILES string of the molecule is OCCC1CCCN(c2cc(Br)ccc2C(F)(F)F)C1. The molecule has 0 aromatic heterocycles. The number of halogens is 4. The first-order chi connectivity index (χ1) is 9.41. The molecule has 1 aliphatic rings. The minimum Gasteiger partial charge on any atom is -0.396 e. The molecule has 1 aromatic carbocycles. The quantitative estimate of drug-likeness (QED) is 0.887. The molecule has 1 aromatic rings. The van der Waals surface area contributed by atoms with Crippen LogP contribution in [0.25, 0.3) is 0 Å². The molecular formula is C14H17BrF3NO. The molecule has 0 aliphatic carbocycles. The Hall–Kier alpha value is -0.750. The molecule has 0 bridgehead atoms. The van der Waals surface area contributed by atoms with Crippen LogP contribution >= 0.6 is 15.9 Å². The van der Waals surface area contributed by atoms with Crippen molar-refractivity contribution in [3.63, 3.8) is 0 Å². The smallest absolute Gasteiger partial charge is 0.396 e. The summed E-state index contributed by atoms with van der Waals surface area (Å²) in [5.74, 6) is 0.258. The Morgan fingerprint density at radius 3 is 2.75 bits per heavy atom. The maximum absolute atomic E-state index is 13.1. The molecule has 20 heavy (non-hydrogen) atoms. The van der Waals surface area contributed by atoms with E-state index in [2.05, 4.69) is 15.9 Å². The first-order valence-corrected chi connectivity index (χ1v) is 7.43. The molecule has 6 heteroatoms. The Balaban J connectivity index is 2.29. The summed E-state index contributed by atoms with van der Waals surface area (Å²) < 4.78 is 39.9. The molecule has 0 amide bonds. The Morgan fingerprint density at radius 1 is 1.35 bits per heavy atom. The predicted molar refractivity (Wildman–Crippen MR) is 75.8 cm³/mol. The second-order valence-electron chi connectivity index (χ2n) is 5.13. The van der Waals surface area contributed by atoms with Crippen molar-refractivity contribution in [2.75, 3.05) is 24.6 Å². The van der Waals surface area contributed by atoms with Gasteiger partial charge in [-0.15, -0.1) is 0 Å². The lowest BCUT2D eigenvalue weighted by Gasteiger charge is -2.35. The summed E-state index contributed by atoms with van der Waals surface area (Å²) in [6, 6.07) is 4.07. The van der Waals surface area contributed by atoms with E-state index in [1.165, 1.54) is 12.1 Å². The number of aliphatic hydroxyl groups is 1. The van der Waals surface area contributed by atoms with Crippen molar-refractivity contribution in [2.45, 2.75) is 25.4 Å². The predicted octanol–water partition coefficient (Wildman–Crippen LogP) is 4.07. The molecule has 1 aliphatic heterocycles. The fourth-order valence-electron chi connectivity index (χ4n) is 2.71. The molecule has 1 saturated heterocycles. The Bertz CT molecular complexity index is 462. The van der Waals surface area contributed by atoms with Crippen LogP contribution in [0.15, 0.2) is 22.7 Å². The summed E-state index contributed by atoms with van der Waals surface area (Å²) in [6.07, 6.45) is -1.88. The zero-order chi connectivity index (χ0) is 14.8. The third kappa shape index (κ3) is 3.67.